The van der Waals surface area contributed by atoms with Gasteiger partial charge in [0.15, 0.2) is 0 Å². The first-order valence-electron chi connectivity index (χ1n) is 5.07. The third-order valence-corrected chi connectivity index (χ3v) is 1.99. The van der Waals surface area contributed by atoms with Crippen molar-refractivity contribution < 1.29 is 5.11 Å². The molecule has 0 bridgehead atoms. The van der Waals surface area contributed by atoms with Crippen LogP contribution in [0, 0.1) is 11.8 Å². The molecule has 0 saturated heterocycles. The molecule has 74 valence electrons. The number of hydrogen-bond donors (Lipinski definition) is 1. The summed E-state index contributed by atoms with van der Waals surface area (Å²) in [5, 5.41) is 9.47. The largest absolute Gasteiger partial charge is 0.380 e. The molecule has 0 aliphatic carbocycles. The minimum absolute atomic E-state index is 0.477. The van der Waals surface area contributed by atoms with Gasteiger partial charge in [-0.25, -0.2) is 0 Å². The van der Waals surface area contributed by atoms with E-state index in [0.29, 0.717) is 0 Å². The molecule has 0 saturated carbocycles. The Hall–Kier alpha value is -1.26. The fourth-order valence-corrected chi connectivity index (χ4v) is 1.16. The van der Waals surface area contributed by atoms with E-state index >= 15 is 0 Å². The minimum atomic E-state index is -0.477. The quantitative estimate of drug-likeness (QED) is 0.723. The van der Waals surface area contributed by atoms with Gasteiger partial charge in [-0.3, -0.25) is 0 Å². The Morgan fingerprint density at radius 1 is 1.29 bits per heavy atom. The van der Waals surface area contributed by atoms with Gasteiger partial charge in [-0.1, -0.05) is 49.8 Å². The predicted octanol–water partition coefficient (Wildman–Crippen LogP) is 2.59. The van der Waals surface area contributed by atoms with Crippen LogP contribution in [0.5, 0.6) is 0 Å². The summed E-state index contributed by atoms with van der Waals surface area (Å²) in [6, 6.07) is 9.74. The summed E-state index contributed by atoms with van der Waals surface area (Å²) in [7, 11) is 0. The van der Waals surface area contributed by atoms with E-state index < -0.39 is 6.10 Å². The highest BCUT2D eigenvalue weighted by Gasteiger charge is 1.96. The van der Waals surface area contributed by atoms with Crippen LogP contribution in [-0.4, -0.2) is 11.2 Å². The zero-order valence-electron chi connectivity index (χ0n) is 8.53. The Morgan fingerprint density at radius 3 is 2.64 bits per heavy atom. The number of benzene rings is 1. The maximum Gasteiger partial charge on any atom is 0.115 e. The van der Waals surface area contributed by atoms with Crippen molar-refractivity contribution in [1.82, 2.24) is 0 Å². The van der Waals surface area contributed by atoms with Crippen LogP contribution in [0.2, 0.25) is 0 Å². The van der Waals surface area contributed by atoms with Crippen LogP contribution < -0.4 is 0 Å². The van der Waals surface area contributed by atoms with Gasteiger partial charge >= 0.3 is 0 Å². The van der Waals surface area contributed by atoms with Crippen LogP contribution in [0.25, 0.3) is 0 Å². The van der Waals surface area contributed by atoms with Crippen LogP contribution in [0.1, 0.15) is 31.7 Å². The molecule has 14 heavy (non-hydrogen) atoms. The van der Waals surface area contributed by atoms with Crippen LogP contribution in [0.4, 0.5) is 0 Å². The predicted molar refractivity (Wildman–Crippen MR) is 58.9 cm³/mol. The highest BCUT2D eigenvalue weighted by Crippen LogP contribution is 2.00. The van der Waals surface area contributed by atoms with E-state index in [1.54, 1.807) is 0 Å². The molecule has 0 fully saturated rings. The smallest absolute Gasteiger partial charge is 0.115 e. The van der Waals surface area contributed by atoms with E-state index in [1.807, 2.05) is 30.3 Å². The van der Waals surface area contributed by atoms with Gasteiger partial charge in [0.05, 0.1) is 0 Å². The maximum absolute atomic E-state index is 9.47. The van der Waals surface area contributed by atoms with Gasteiger partial charge in [0.25, 0.3) is 0 Å². The number of unbranched alkanes of at least 4 members (excludes halogenated alkanes) is 1. The molecule has 0 amide bonds. The molecule has 0 aromatic heterocycles. The lowest BCUT2D eigenvalue weighted by atomic mass is 10.1. The van der Waals surface area contributed by atoms with Gasteiger partial charge in [-0.15, -0.1) is 0 Å². The van der Waals surface area contributed by atoms with Gasteiger partial charge in [-0.2, -0.15) is 0 Å². The van der Waals surface area contributed by atoms with Crippen molar-refractivity contribution in [3.8, 4) is 11.8 Å². The second-order valence-electron chi connectivity index (χ2n) is 3.29. The SMILES string of the molecule is CCCC[C@@H](O)C#Cc1ccccc1. The Morgan fingerprint density at radius 2 is 2.00 bits per heavy atom. The maximum atomic E-state index is 9.47. The summed E-state index contributed by atoms with van der Waals surface area (Å²) in [5.74, 6) is 5.79. The highest BCUT2D eigenvalue weighted by molar-refractivity contribution is 5.34. The lowest BCUT2D eigenvalue weighted by Gasteiger charge is -1.99. The highest BCUT2D eigenvalue weighted by atomic mass is 16.3. The Kier molecular flexibility index (Phi) is 4.82. The van der Waals surface area contributed by atoms with E-state index in [9.17, 15) is 5.11 Å². The van der Waals surface area contributed by atoms with Crippen molar-refractivity contribution in [2.75, 3.05) is 0 Å². The third kappa shape index (κ3) is 4.11. The first kappa shape index (κ1) is 10.8. The van der Waals surface area contributed by atoms with Crippen LogP contribution in [0.15, 0.2) is 30.3 Å². The Balaban J connectivity index is 2.47. The zero-order chi connectivity index (χ0) is 10.2. The van der Waals surface area contributed by atoms with Crippen LogP contribution in [0.3, 0.4) is 0 Å². The average Bonchev–Trinajstić information content (AvgIpc) is 2.25. The summed E-state index contributed by atoms with van der Waals surface area (Å²) in [6.07, 6.45) is 2.43. The topological polar surface area (TPSA) is 20.2 Å². The second kappa shape index (κ2) is 6.23. The molecule has 0 radical (unpaired) electrons. The Bertz CT molecular complexity index is 305. The molecule has 1 aromatic carbocycles. The molecule has 0 heterocycles. The van der Waals surface area contributed by atoms with Crippen LogP contribution >= 0.6 is 0 Å². The van der Waals surface area contributed by atoms with Gasteiger partial charge in [0.2, 0.25) is 0 Å². The summed E-state index contributed by atoms with van der Waals surface area (Å²) < 4.78 is 0. The van der Waals surface area contributed by atoms with Crippen molar-refractivity contribution in [3.05, 3.63) is 35.9 Å². The van der Waals surface area contributed by atoms with E-state index in [4.69, 9.17) is 0 Å². The first-order chi connectivity index (χ1) is 6.83. The van der Waals surface area contributed by atoms with Crippen molar-refractivity contribution >= 4 is 0 Å². The molecular formula is C13H16O. The second-order valence-corrected chi connectivity index (χ2v) is 3.29. The third-order valence-electron chi connectivity index (χ3n) is 1.99. The lowest BCUT2D eigenvalue weighted by Crippen LogP contribution is -2.01. The number of aliphatic hydroxyl groups is 1. The number of rotatable bonds is 3. The van der Waals surface area contributed by atoms with E-state index in [1.165, 1.54) is 0 Å². The molecule has 1 N–H and O–H groups in total. The molecule has 0 unspecified atom stereocenters. The average molecular weight is 188 g/mol. The summed E-state index contributed by atoms with van der Waals surface area (Å²) in [6.45, 7) is 2.11. The van der Waals surface area contributed by atoms with E-state index in [0.717, 1.165) is 24.8 Å². The molecule has 1 aromatic rings. The molecular weight excluding hydrogens is 172 g/mol. The lowest BCUT2D eigenvalue weighted by molar-refractivity contribution is 0.218. The van der Waals surface area contributed by atoms with E-state index in [2.05, 4.69) is 18.8 Å². The van der Waals surface area contributed by atoms with E-state index in [-0.39, 0.29) is 0 Å². The zero-order valence-corrected chi connectivity index (χ0v) is 8.53. The standard InChI is InChI=1S/C13H16O/c1-2-3-9-13(14)11-10-12-7-5-4-6-8-12/h4-8,13-14H,2-3,9H2,1H3/t13-/m1/s1. The summed E-state index contributed by atoms with van der Waals surface area (Å²) >= 11 is 0. The Labute approximate surface area is 85.8 Å². The molecule has 0 aliphatic rings. The molecule has 0 aliphatic heterocycles. The van der Waals surface area contributed by atoms with Crippen molar-refractivity contribution in [2.45, 2.75) is 32.3 Å². The van der Waals surface area contributed by atoms with Gasteiger partial charge < -0.3 is 5.11 Å². The first-order valence-corrected chi connectivity index (χ1v) is 5.07. The minimum Gasteiger partial charge on any atom is -0.380 e. The van der Waals surface area contributed by atoms with Crippen LogP contribution in [-0.2, 0) is 0 Å². The van der Waals surface area contributed by atoms with Crippen molar-refractivity contribution in [2.24, 2.45) is 0 Å². The normalized spacial score (nSPS) is 11.6. The molecule has 1 rings (SSSR count). The van der Waals surface area contributed by atoms with Crippen molar-refractivity contribution in [3.63, 3.8) is 0 Å². The molecule has 1 nitrogen and oxygen atoms in total. The van der Waals surface area contributed by atoms with Gasteiger partial charge in [0.1, 0.15) is 6.10 Å². The fraction of sp³-hybridized carbons (Fsp3) is 0.385. The molecule has 1 atom stereocenters. The monoisotopic (exact) mass is 188 g/mol. The molecule has 1 heteroatoms. The molecule has 0 spiro atoms. The number of aliphatic hydroxyl groups excluding tert-OH is 1. The van der Waals surface area contributed by atoms with Gasteiger partial charge in [0, 0.05) is 5.56 Å². The van der Waals surface area contributed by atoms with Crippen molar-refractivity contribution in [1.29, 1.82) is 0 Å². The summed E-state index contributed by atoms with van der Waals surface area (Å²) in [5.41, 5.74) is 0.961. The van der Waals surface area contributed by atoms with Gasteiger partial charge in [-0.05, 0) is 18.6 Å². The fourth-order valence-electron chi connectivity index (χ4n) is 1.16. The summed E-state index contributed by atoms with van der Waals surface area (Å²) in [4.78, 5) is 0. The number of hydrogen-bond acceptors (Lipinski definition) is 1.